The first-order valence-electron chi connectivity index (χ1n) is 10.6. The lowest BCUT2D eigenvalue weighted by molar-refractivity contribution is -0.214. The van der Waals surface area contributed by atoms with E-state index in [9.17, 15) is 31.4 Å². The molecule has 13 heteroatoms. The number of hydrogen-bond acceptors (Lipinski definition) is 7. The van der Waals surface area contributed by atoms with Crippen LogP contribution in [0, 0.1) is 0 Å². The fraction of sp³-hybridized carbons (Fsp3) is 0.409. The normalized spacial score (nSPS) is 23.7. The summed E-state index contributed by atoms with van der Waals surface area (Å²) in [6, 6.07) is 9.81. The van der Waals surface area contributed by atoms with Crippen molar-refractivity contribution in [1.29, 1.82) is 0 Å². The Kier molecular flexibility index (Phi) is 7.33. The molecule has 0 spiro atoms. The quantitative estimate of drug-likeness (QED) is 0.524. The van der Waals surface area contributed by atoms with E-state index in [-0.39, 0.29) is 24.8 Å². The first kappa shape index (κ1) is 25.4. The minimum Gasteiger partial charge on any atom is -0.358 e. The average molecular weight is 504 g/mol. The van der Waals surface area contributed by atoms with E-state index in [1.807, 2.05) is 17.0 Å². The number of hydrazine groups is 1. The number of hydrogen-bond donors (Lipinski definition) is 3. The molecule has 2 aliphatic heterocycles. The van der Waals surface area contributed by atoms with Crippen molar-refractivity contribution in [1.82, 2.24) is 15.8 Å². The van der Waals surface area contributed by atoms with Crippen molar-refractivity contribution < 1.29 is 40.9 Å². The summed E-state index contributed by atoms with van der Waals surface area (Å²) in [5.74, 6) is 0.451. The fourth-order valence-electron chi connectivity index (χ4n) is 3.94. The Morgan fingerprint density at radius 3 is 2.26 bits per heavy atom. The predicted molar refractivity (Wildman–Crippen MR) is 111 cm³/mol. The van der Waals surface area contributed by atoms with Crippen LogP contribution in [0.5, 0.6) is 0 Å². The number of aliphatic imine (C=N–C) groups is 1. The minimum atomic E-state index is -4.95. The molecule has 2 aromatic rings. The highest BCUT2D eigenvalue weighted by Gasteiger charge is 2.38. The van der Waals surface area contributed by atoms with Crippen molar-refractivity contribution >= 4 is 5.84 Å². The molecule has 4 rings (SSSR count). The van der Waals surface area contributed by atoms with Gasteiger partial charge in [0.15, 0.2) is 6.29 Å². The topological polar surface area (TPSA) is 78.4 Å². The van der Waals surface area contributed by atoms with Crippen LogP contribution in [0.15, 0.2) is 53.5 Å². The lowest BCUT2D eigenvalue weighted by Crippen LogP contribution is -2.50. The molecular formula is C22H22F6N4O3. The maximum atomic E-state index is 13.2. The van der Waals surface area contributed by atoms with E-state index in [2.05, 4.69) is 15.8 Å². The molecule has 0 bridgehead atoms. The zero-order valence-electron chi connectivity index (χ0n) is 18.1. The molecule has 1 fully saturated rings. The van der Waals surface area contributed by atoms with Gasteiger partial charge in [0, 0.05) is 6.54 Å². The third-order valence-corrected chi connectivity index (χ3v) is 5.49. The van der Waals surface area contributed by atoms with Gasteiger partial charge >= 0.3 is 12.4 Å². The summed E-state index contributed by atoms with van der Waals surface area (Å²) < 4.78 is 90.8. The Labute approximate surface area is 196 Å². The largest absolute Gasteiger partial charge is 0.416 e. The van der Waals surface area contributed by atoms with Gasteiger partial charge in [-0.1, -0.05) is 30.3 Å². The third-order valence-electron chi connectivity index (χ3n) is 5.49. The molecule has 2 aliphatic rings. The fourth-order valence-corrected chi connectivity index (χ4v) is 3.94. The van der Waals surface area contributed by atoms with E-state index in [1.54, 1.807) is 18.2 Å². The van der Waals surface area contributed by atoms with Gasteiger partial charge < -0.3 is 20.0 Å². The van der Waals surface area contributed by atoms with E-state index in [1.165, 1.54) is 0 Å². The van der Waals surface area contributed by atoms with Gasteiger partial charge in [-0.2, -0.15) is 31.8 Å². The van der Waals surface area contributed by atoms with Crippen LogP contribution in [-0.2, 0) is 28.4 Å². The molecule has 0 saturated carbocycles. The number of benzene rings is 2. The lowest BCUT2D eigenvalue weighted by atomic mass is 10.0. The molecular weight excluding hydrogens is 482 g/mol. The number of amidine groups is 1. The smallest absolute Gasteiger partial charge is 0.358 e. The van der Waals surface area contributed by atoms with E-state index < -0.39 is 48.8 Å². The zero-order valence-corrected chi connectivity index (χ0v) is 18.1. The number of aliphatic hydroxyl groups is 1. The molecule has 0 aliphatic carbocycles. The maximum absolute atomic E-state index is 13.2. The first-order valence-corrected chi connectivity index (χ1v) is 10.6. The van der Waals surface area contributed by atoms with Gasteiger partial charge in [0.1, 0.15) is 5.84 Å². The molecule has 1 unspecified atom stereocenters. The summed E-state index contributed by atoms with van der Waals surface area (Å²) in [6.45, 7) is 0.370. The summed E-state index contributed by atoms with van der Waals surface area (Å²) in [4.78, 5) is 5.94. The molecule has 3 N–H and O–H groups in total. The van der Waals surface area contributed by atoms with Crippen LogP contribution in [0.4, 0.5) is 26.3 Å². The highest BCUT2D eigenvalue weighted by atomic mass is 19.4. The number of ether oxygens (including phenoxy) is 2. The SMILES string of the molecule is OC1N=C(CN2CCO[C@H](OCc3cc(C(F)(F)F)cc(C(F)(F)F)c3)[C@@H]2c2ccccc2)NN1. The molecule has 2 heterocycles. The standard InChI is InChI=1S/C22H22F6N4O3/c23-21(24,25)15-8-13(9-16(10-15)22(26,27)28)12-35-19-18(14-4-2-1-3-5-14)32(6-7-34-19)11-17-29-20(33)31-30-17/h1-5,8-10,18-20,31,33H,6-7,11-12H2,(H,29,30)/t18-,19+,20?/m0/s1. The van der Waals surface area contributed by atoms with E-state index in [4.69, 9.17) is 9.47 Å². The van der Waals surface area contributed by atoms with Crippen LogP contribution < -0.4 is 10.9 Å². The van der Waals surface area contributed by atoms with Gasteiger partial charge in [-0.25, -0.2) is 4.99 Å². The van der Waals surface area contributed by atoms with Crippen LogP contribution in [0.25, 0.3) is 0 Å². The summed E-state index contributed by atoms with van der Waals surface area (Å²) in [5.41, 5.74) is 2.95. The van der Waals surface area contributed by atoms with Crippen molar-refractivity contribution in [2.75, 3.05) is 19.7 Å². The molecule has 7 nitrogen and oxygen atoms in total. The maximum Gasteiger partial charge on any atom is 0.416 e. The minimum absolute atomic E-state index is 0.0763. The number of rotatable bonds is 6. The van der Waals surface area contributed by atoms with E-state index in [0.717, 1.165) is 5.56 Å². The summed E-state index contributed by atoms with van der Waals surface area (Å²) >= 11 is 0. The van der Waals surface area contributed by atoms with Crippen molar-refractivity contribution in [3.05, 3.63) is 70.8 Å². The molecule has 0 aromatic heterocycles. The molecule has 3 atom stereocenters. The molecule has 2 aromatic carbocycles. The molecule has 190 valence electrons. The monoisotopic (exact) mass is 504 g/mol. The first-order chi connectivity index (χ1) is 16.5. The third kappa shape index (κ3) is 6.30. The highest BCUT2D eigenvalue weighted by Crippen LogP contribution is 2.37. The van der Waals surface area contributed by atoms with Crippen molar-refractivity contribution in [2.24, 2.45) is 4.99 Å². The second kappa shape index (κ2) is 10.1. The van der Waals surface area contributed by atoms with Gasteiger partial charge in [-0.05, 0) is 29.3 Å². The van der Waals surface area contributed by atoms with E-state index >= 15 is 0 Å². The summed E-state index contributed by atoms with van der Waals surface area (Å²) in [5, 5.41) is 9.54. The van der Waals surface area contributed by atoms with Crippen LogP contribution >= 0.6 is 0 Å². The highest BCUT2D eigenvalue weighted by molar-refractivity contribution is 5.85. The van der Waals surface area contributed by atoms with Crippen LogP contribution in [0.2, 0.25) is 0 Å². The number of morpholine rings is 1. The van der Waals surface area contributed by atoms with Gasteiger partial charge in [0.25, 0.3) is 0 Å². The second-order valence-electron chi connectivity index (χ2n) is 8.01. The van der Waals surface area contributed by atoms with Crippen LogP contribution in [-0.4, -0.2) is 48.2 Å². The number of alkyl halides is 6. The zero-order chi connectivity index (χ0) is 25.2. The van der Waals surface area contributed by atoms with Gasteiger partial charge in [-0.3, -0.25) is 4.90 Å². The molecule has 1 saturated heterocycles. The Balaban J connectivity index is 1.58. The number of nitrogens with one attached hydrogen (secondary N) is 2. The summed E-state index contributed by atoms with van der Waals surface area (Å²) in [7, 11) is 0. The number of halogens is 6. The van der Waals surface area contributed by atoms with Crippen LogP contribution in [0.3, 0.4) is 0 Å². The Morgan fingerprint density at radius 2 is 1.69 bits per heavy atom. The van der Waals surface area contributed by atoms with Crippen LogP contribution in [0.1, 0.15) is 28.3 Å². The lowest BCUT2D eigenvalue weighted by Gasteiger charge is -2.41. The van der Waals surface area contributed by atoms with E-state index in [0.29, 0.717) is 24.5 Å². The van der Waals surface area contributed by atoms with Gasteiger partial charge in [0.05, 0.1) is 36.9 Å². The average Bonchev–Trinajstić information content (AvgIpc) is 3.21. The Bertz CT molecular complexity index is 1020. The molecule has 0 radical (unpaired) electrons. The van der Waals surface area contributed by atoms with Gasteiger partial charge in [0.2, 0.25) is 6.35 Å². The van der Waals surface area contributed by atoms with Crippen molar-refractivity contribution in [3.8, 4) is 0 Å². The Hall–Kier alpha value is -2.71. The number of aliphatic hydroxyl groups excluding tert-OH is 1. The van der Waals surface area contributed by atoms with Crippen molar-refractivity contribution in [3.63, 3.8) is 0 Å². The summed E-state index contributed by atoms with van der Waals surface area (Å²) in [6.07, 6.45) is -12.0. The molecule has 35 heavy (non-hydrogen) atoms. The number of nitrogens with zero attached hydrogens (tertiary/aromatic N) is 2. The van der Waals surface area contributed by atoms with Gasteiger partial charge in [-0.15, -0.1) is 0 Å². The van der Waals surface area contributed by atoms with Crippen molar-refractivity contribution in [2.45, 2.75) is 37.6 Å². The Morgan fingerprint density at radius 1 is 1.03 bits per heavy atom. The predicted octanol–water partition coefficient (Wildman–Crippen LogP) is 3.42. The molecule has 0 amide bonds. The second-order valence-corrected chi connectivity index (χ2v) is 8.01.